The van der Waals surface area contributed by atoms with Crippen molar-refractivity contribution >= 4 is 5.97 Å². The maximum absolute atomic E-state index is 11.5. The van der Waals surface area contributed by atoms with E-state index >= 15 is 0 Å². The van der Waals surface area contributed by atoms with Gasteiger partial charge in [0, 0.05) is 19.4 Å². The molecule has 15 heavy (non-hydrogen) atoms. The molecule has 0 radical (unpaired) electrons. The number of piperidine rings is 1. The maximum atomic E-state index is 11.5. The number of likely N-dealkylation sites (N-methyl/N-ethyl adjacent to an activating group) is 1. The quantitative estimate of drug-likeness (QED) is 0.576. The lowest BCUT2D eigenvalue weighted by Gasteiger charge is -2.40. The molecule has 2 saturated heterocycles. The number of hydrogen-bond donors (Lipinski definition) is 0. The average molecular weight is 215 g/mol. The standard InChI is InChI=1S/C10H17NO4/c1-11-4-3-10(14-5-6-15-10)7-8(11)9(12)13-2/h8H,3-7H2,1-2H3/t8-/m1/s1. The van der Waals surface area contributed by atoms with Crippen molar-refractivity contribution in [1.82, 2.24) is 4.90 Å². The summed E-state index contributed by atoms with van der Waals surface area (Å²) >= 11 is 0. The maximum Gasteiger partial charge on any atom is 0.323 e. The summed E-state index contributed by atoms with van der Waals surface area (Å²) in [6.45, 7) is 2.04. The Morgan fingerprint density at radius 3 is 2.73 bits per heavy atom. The number of carbonyl (C=O) groups excluding carboxylic acids is 1. The van der Waals surface area contributed by atoms with Crippen LogP contribution in [0.5, 0.6) is 0 Å². The zero-order chi connectivity index (χ0) is 10.9. The minimum Gasteiger partial charge on any atom is -0.468 e. The summed E-state index contributed by atoms with van der Waals surface area (Å²) < 4.78 is 16.0. The first kappa shape index (κ1) is 10.9. The van der Waals surface area contributed by atoms with Crippen LogP contribution in [0.25, 0.3) is 0 Å². The summed E-state index contributed by atoms with van der Waals surface area (Å²) in [5.74, 6) is -0.749. The number of ether oxygens (including phenoxy) is 3. The third kappa shape index (κ3) is 2.00. The van der Waals surface area contributed by atoms with E-state index in [4.69, 9.17) is 14.2 Å². The molecule has 2 aliphatic heterocycles. The van der Waals surface area contributed by atoms with Crippen LogP contribution in [0.15, 0.2) is 0 Å². The second-order valence-corrected chi connectivity index (χ2v) is 4.08. The number of rotatable bonds is 1. The summed E-state index contributed by atoms with van der Waals surface area (Å²) in [6, 6.07) is -0.248. The first-order valence-corrected chi connectivity index (χ1v) is 5.23. The normalized spacial score (nSPS) is 30.7. The summed E-state index contributed by atoms with van der Waals surface area (Å²) in [4.78, 5) is 13.5. The van der Waals surface area contributed by atoms with Crippen LogP contribution >= 0.6 is 0 Å². The van der Waals surface area contributed by atoms with Crippen LogP contribution in [0.1, 0.15) is 12.8 Å². The van der Waals surface area contributed by atoms with E-state index in [0.717, 1.165) is 13.0 Å². The first-order valence-electron chi connectivity index (χ1n) is 5.23. The molecule has 2 fully saturated rings. The van der Waals surface area contributed by atoms with Crippen molar-refractivity contribution in [2.24, 2.45) is 0 Å². The van der Waals surface area contributed by atoms with E-state index in [1.54, 1.807) is 0 Å². The van der Waals surface area contributed by atoms with Crippen molar-refractivity contribution < 1.29 is 19.0 Å². The Morgan fingerprint density at radius 1 is 1.47 bits per heavy atom. The number of hydrogen-bond acceptors (Lipinski definition) is 5. The lowest BCUT2D eigenvalue weighted by molar-refractivity contribution is -0.201. The molecule has 0 aromatic rings. The molecular formula is C10H17NO4. The number of methoxy groups -OCH3 is 1. The second kappa shape index (κ2) is 4.08. The van der Waals surface area contributed by atoms with Gasteiger partial charge in [-0.05, 0) is 7.05 Å². The first-order chi connectivity index (χ1) is 7.17. The zero-order valence-electron chi connectivity index (χ0n) is 9.19. The highest BCUT2D eigenvalue weighted by molar-refractivity contribution is 5.75. The highest BCUT2D eigenvalue weighted by atomic mass is 16.7. The summed E-state index contributed by atoms with van der Waals surface area (Å²) in [5.41, 5.74) is 0. The SMILES string of the molecule is COC(=O)[C@H]1CC2(CCN1C)OCCO2. The van der Waals surface area contributed by atoms with E-state index in [0.29, 0.717) is 19.6 Å². The van der Waals surface area contributed by atoms with Gasteiger partial charge in [0.25, 0.3) is 0 Å². The zero-order valence-corrected chi connectivity index (χ0v) is 9.19. The van der Waals surface area contributed by atoms with Gasteiger partial charge in [-0.1, -0.05) is 0 Å². The van der Waals surface area contributed by atoms with Crippen molar-refractivity contribution in [3.05, 3.63) is 0 Å². The van der Waals surface area contributed by atoms with Crippen molar-refractivity contribution in [2.75, 3.05) is 33.9 Å². The molecule has 5 nitrogen and oxygen atoms in total. The lowest BCUT2D eigenvalue weighted by Crippen LogP contribution is -2.53. The van der Waals surface area contributed by atoms with Crippen LogP contribution in [0, 0.1) is 0 Å². The Hall–Kier alpha value is -0.650. The average Bonchev–Trinajstić information content (AvgIpc) is 2.70. The molecule has 2 heterocycles. The number of nitrogens with zero attached hydrogens (tertiary/aromatic N) is 1. The number of carbonyl (C=O) groups is 1. The fourth-order valence-corrected chi connectivity index (χ4v) is 2.21. The molecule has 1 spiro atoms. The topological polar surface area (TPSA) is 48.0 Å². The highest BCUT2D eigenvalue weighted by Crippen LogP contribution is 2.34. The van der Waals surface area contributed by atoms with Gasteiger partial charge in [0.2, 0.25) is 0 Å². The number of esters is 1. The minimum atomic E-state index is -0.536. The predicted molar refractivity (Wildman–Crippen MR) is 52.3 cm³/mol. The molecular weight excluding hydrogens is 198 g/mol. The van der Waals surface area contributed by atoms with Crippen LogP contribution in [-0.4, -0.2) is 56.6 Å². The molecule has 5 heteroatoms. The Morgan fingerprint density at radius 2 is 2.13 bits per heavy atom. The van der Waals surface area contributed by atoms with Crippen LogP contribution in [0.3, 0.4) is 0 Å². The molecule has 0 aromatic carbocycles. The van der Waals surface area contributed by atoms with Crippen LogP contribution in [0.4, 0.5) is 0 Å². The summed E-state index contributed by atoms with van der Waals surface area (Å²) in [6.07, 6.45) is 1.38. The van der Waals surface area contributed by atoms with Gasteiger partial charge in [-0.2, -0.15) is 0 Å². The van der Waals surface area contributed by atoms with E-state index in [1.165, 1.54) is 7.11 Å². The Balaban J connectivity index is 2.06. The van der Waals surface area contributed by atoms with E-state index in [2.05, 4.69) is 0 Å². The van der Waals surface area contributed by atoms with Gasteiger partial charge in [0.15, 0.2) is 5.79 Å². The third-order valence-electron chi connectivity index (χ3n) is 3.17. The largest absolute Gasteiger partial charge is 0.468 e. The predicted octanol–water partition coefficient (Wildman–Crippen LogP) is -0.00330. The smallest absolute Gasteiger partial charge is 0.323 e. The Bertz CT molecular complexity index is 250. The fourth-order valence-electron chi connectivity index (χ4n) is 2.21. The van der Waals surface area contributed by atoms with Gasteiger partial charge < -0.3 is 14.2 Å². The summed E-state index contributed by atoms with van der Waals surface area (Å²) in [5, 5.41) is 0. The second-order valence-electron chi connectivity index (χ2n) is 4.08. The van der Waals surface area contributed by atoms with Crippen LogP contribution in [-0.2, 0) is 19.0 Å². The van der Waals surface area contributed by atoms with Crippen molar-refractivity contribution in [3.63, 3.8) is 0 Å². The Labute approximate surface area is 89.3 Å². The minimum absolute atomic E-state index is 0.212. The van der Waals surface area contributed by atoms with Gasteiger partial charge in [-0.15, -0.1) is 0 Å². The fraction of sp³-hybridized carbons (Fsp3) is 0.900. The van der Waals surface area contributed by atoms with Crippen molar-refractivity contribution in [1.29, 1.82) is 0 Å². The molecule has 0 amide bonds. The van der Waals surface area contributed by atoms with E-state index in [9.17, 15) is 4.79 Å². The Kier molecular flexibility index (Phi) is 2.95. The van der Waals surface area contributed by atoms with Gasteiger partial charge in [0.1, 0.15) is 6.04 Å². The molecule has 0 bridgehead atoms. The van der Waals surface area contributed by atoms with E-state index in [1.807, 2.05) is 11.9 Å². The van der Waals surface area contributed by atoms with Gasteiger partial charge in [-0.25, -0.2) is 0 Å². The van der Waals surface area contributed by atoms with Gasteiger partial charge in [-0.3, -0.25) is 9.69 Å². The molecule has 0 aromatic heterocycles. The molecule has 2 rings (SSSR count). The van der Waals surface area contributed by atoms with E-state index in [-0.39, 0.29) is 12.0 Å². The molecule has 86 valence electrons. The molecule has 0 aliphatic carbocycles. The van der Waals surface area contributed by atoms with Crippen LogP contribution < -0.4 is 0 Å². The highest BCUT2D eigenvalue weighted by Gasteiger charge is 2.45. The van der Waals surface area contributed by atoms with Crippen molar-refractivity contribution in [2.45, 2.75) is 24.7 Å². The van der Waals surface area contributed by atoms with Gasteiger partial charge in [0.05, 0.1) is 20.3 Å². The molecule has 0 N–H and O–H groups in total. The monoisotopic (exact) mass is 215 g/mol. The molecule has 2 aliphatic rings. The van der Waals surface area contributed by atoms with E-state index < -0.39 is 5.79 Å². The summed E-state index contributed by atoms with van der Waals surface area (Å²) in [7, 11) is 3.33. The molecule has 0 unspecified atom stereocenters. The van der Waals surface area contributed by atoms with Gasteiger partial charge >= 0.3 is 5.97 Å². The molecule has 0 saturated carbocycles. The van der Waals surface area contributed by atoms with Crippen molar-refractivity contribution in [3.8, 4) is 0 Å². The number of likely N-dealkylation sites (tertiary alicyclic amines) is 1. The molecule has 1 atom stereocenters. The van der Waals surface area contributed by atoms with Crippen LogP contribution in [0.2, 0.25) is 0 Å². The third-order valence-corrected chi connectivity index (χ3v) is 3.17. The lowest BCUT2D eigenvalue weighted by atomic mass is 9.96.